The van der Waals surface area contributed by atoms with Gasteiger partial charge in [0.2, 0.25) is 5.91 Å². The highest BCUT2D eigenvalue weighted by molar-refractivity contribution is 5.90. The first-order valence-corrected chi connectivity index (χ1v) is 11.3. The van der Waals surface area contributed by atoms with E-state index in [1.807, 2.05) is 30.3 Å². The first-order chi connectivity index (χ1) is 17.0. The second-order valence-electron chi connectivity index (χ2n) is 8.08. The highest BCUT2D eigenvalue weighted by atomic mass is 19.1. The fourth-order valence-electron chi connectivity index (χ4n) is 3.74. The number of halogens is 1. The summed E-state index contributed by atoms with van der Waals surface area (Å²) in [5.74, 6) is -0.159. The third-order valence-corrected chi connectivity index (χ3v) is 5.51. The summed E-state index contributed by atoms with van der Waals surface area (Å²) in [4.78, 5) is 25.2. The molecule has 1 amide bonds. The third-order valence-electron chi connectivity index (χ3n) is 5.51. The zero-order valence-electron chi connectivity index (χ0n) is 19.0. The first-order valence-electron chi connectivity index (χ1n) is 11.3. The van der Waals surface area contributed by atoms with Gasteiger partial charge in [0.05, 0.1) is 12.3 Å². The van der Waals surface area contributed by atoms with E-state index in [0.29, 0.717) is 29.2 Å². The molecule has 0 radical (unpaired) electrons. The topological polar surface area (TPSA) is 94.9 Å². The standard InChI is InChI=1S/C25H23FN6O3/c1-2-3-13-35-20-9-7-17(8-10-20)21-15-22-24-29-32(25(34)30(24)11-12-31(22)28-21)16-23(33)27-19-6-4-5-18(26)14-19/h4-12,14-15H,2-3,13,16H2,1H3,(H,27,33). The second-order valence-corrected chi connectivity index (χ2v) is 8.08. The zero-order valence-corrected chi connectivity index (χ0v) is 19.0. The van der Waals surface area contributed by atoms with Gasteiger partial charge >= 0.3 is 5.69 Å². The maximum atomic E-state index is 13.4. The number of fused-ring (bicyclic) bond motifs is 3. The SMILES string of the molecule is CCCCOc1ccc(-c2cc3c4nn(CC(=O)Nc5cccc(F)c5)c(=O)n4ccn3n2)cc1. The van der Waals surface area contributed by atoms with E-state index in [-0.39, 0.29) is 6.54 Å². The van der Waals surface area contributed by atoms with Crippen LogP contribution in [0.1, 0.15) is 19.8 Å². The number of benzene rings is 2. The normalized spacial score (nSPS) is 11.3. The Morgan fingerprint density at radius 2 is 1.91 bits per heavy atom. The van der Waals surface area contributed by atoms with Crippen molar-refractivity contribution >= 4 is 22.8 Å². The van der Waals surface area contributed by atoms with E-state index in [1.54, 1.807) is 23.0 Å². The fourth-order valence-corrected chi connectivity index (χ4v) is 3.74. The van der Waals surface area contributed by atoms with Crippen LogP contribution in [0.4, 0.5) is 10.1 Å². The Morgan fingerprint density at radius 1 is 1.09 bits per heavy atom. The van der Waals surface area contributed by atoms with Crippen LogP contribution in [-0.4, -0.2) is 36.3 Å². The second kappa shape index (κ2) is 9.41. The van der Waals surface area contributed by atoms with Crippen molar-refractivity contribution < 1.29 is 13.9 Å². The molecule has 10 heteroatoms. The molecule has 0 fully saturated rings. The van der Waals surface area contributed by atoms with Gasteiger partial charge in [-0.15, -0.1) is 5.10 Å². The van der Waals surface area contributed by atoms with E-state index < -0.39 is 17.4 Å². The van der Waals surface area contributed by atoms with Gasteiger partial charge in [0.1, 0.15) is 23.6 Å². The molecule has 0 atom stereocenters. The summed E-state index contributed by atoms with van der Waals surface area (Å²) in [6.45, 7) is 2.48. The van der Waals surface area contributed by atoms with E-state index in [2.05, 4.69) is 22.4 Å². The van der Waals surface area contributed by atoms with Crippen LogP contribution in [0.5, 0.6) is 5.75 Å². The number of unbranched alkanes of at least 4 members (excludes halogenated alkanes) is 1. The maximum Gasteiger partial charge on any atom is 0.350 e. The molecule has 5 aromatic rings. The molecule has 3 heterocycles. The van der Waals surface area contributed by atoms with Crippen molar-refractivity contribution in [3.05, 3.63) is 83.3 Å². The number of nitrogens with one attached hydrogen (secondary N) is 1. The number of carbonyl (C=O) groups is 1. The van der Waals surface area contributed by atoms with Crippen molar-refractivity contribution in [3.63, 3.8) is 0 Å². The molecule has 1 N–H and O–H groups in total. The van der Waals surface area contributed by atoms with Crippen LogP contribution in [0.2, 0.25) is 0 Å². The molecule has 9 nitrogen and oxygen atoms in total. The van der Waals surface area contributed by atoms with Crippen LogP contribution in [0.15, 0.2) is 71.8 Å². The average Bonchev–Trinajstić information content (AvgIpc) is 3.41. The molecule has 178 valence electrons. The summed E-state index contributed by atoms with van der Waals surface area (Å²) in [7, 11) is 0. The molecular weight excluding hydrogens is 451 g/mol. The first kappa shape index (κ1) is 22.3. The number of hydrogen-bond donors (Lipinski definition) is 1. The van der Waals surface area contributed by atoms with E-state index >= 15 is 0 Å². The van der Waals surface area contributed by atoms with Crippen molar-refractivity contribution in [2.45, 2.75) is 26.3 Å². The molecule has 0 bridgehead atoms. The smallest absolute Gasteiger partial charge is 0.350 e. The minimum Gasteiger partial charge on any atom is -0.494 e. The van der Waals surface area contributed by atoms with E-state index in [1.165, 1.54) is 22.6 Å². The van der Waals surface area contributed by atoms with Gasteiger partial charge in [-0.05, 0) is 55.0 Å². The predicted octanol–water partition coefficient (Wildman–Crippen LogP) is 3.77. The van der Waals surface area contributed by atoms with Crippen LogP contribution >= 0.6 is 0 Å². The third kappa shape index (κ3) is 4.63. The number of ether oxygens (including phenoxy) is 1. The van der Waals surface area contributed by atoms with Crippen molar-refractivity contribution in [2.24, 2.45) is 0 Å². The lowest BCUT2D eigenvalue weighted by Crippen LogP contribution is -2.28. The molecule has 5 rings (SSSR count). The summed E-state index contributed by atoms with van der Waals surface area (Å²) in [6, 6.07) is 15.0. The Morgan fingerprint density at radius 3 is 2.69 bits per heavy atom. The van der Waals surface area contributed by atoms with Gasteiger partial charge in [0.15, 0.2) is 5.65 Å². The Balaban J connectivity index is 1.40. The zero-order chi connectivity index (χ0) is 24.4. The number of amides is 1. The van der Waals surface area contributed by atoms with Crippen molar-refractivity contribution in [1.82, 2.24) is 23.8 Å². The van der Waals surface area contributed by atoms with Crippen molar-refractivity contribution in [1.29, 1.82) is 0 Å². The van der Waals surface area contributed by atoms with Gasteiger partial charge in [-0.2, -0.15) is 5.10 Å². The van der Waals surface area contributed by atoms with Crippen LogP contribution in [-0.2, 0) is 11.3 Å². The summed E-state index contributed by atoms with van der Waals surface area (Å²) < 4.78 is 23.2. The number of anilines is 1. The van der Waals surface area contributed by atoms with Crippen LogP contribution in [0.3, 0.4) is 0 Å². The number of hydrogen-bond acceptors (Lipinski definition) is 5. The molecule has 0 saturated heterocycles. The van der Waals surface area contributed by atoms with E-state index in [9.17, 15) is 14.0 Å². The average molecular weight is 474 g/mol. The lowest BCUT2D eigenvalue weighted by atomic mass is 10.1. The Kier molecular flexibility index (Phi) is 6.01. The summed E-state index contributed by atoms with van der Waals surface area (Å²) in [6.07, 6.45) is 5.29. The number of nitrogens with zero attached hydrogens (tertiary/aromatic N) is 5. The Labute approximate surface area is 199 Å². The van der Waals surface area contributed by atoms with Gasteiger partial charge in [0, 0.05) is 23.6 Å². The lowest BCUT2D eigenvalue weighted by Gasteiger charge is -2.05. The van der Waals surface area contributed by atoms with Gasteiger partial charge < -0.3 is 10.1 Å². The van der Waals surface area contributed by atoms with E-state index in [0.717, 1.165) is 28.8 Å². The quantitative estimate of drug-likeness (QED) is 0.346. The number of carbonyl (C=O) groups excluding carboxylic acids is 1. The molecule has 35 heavy (non-hydrogen) atoms. The molecule has 0 saturated carbocycles. The fraction of sp³-hybridized carbons (Fsp3) is 0.200. The Hall–Kier alpha value is -4.47. The lowest BCUT2D eigenvalue weighted by molar-refractivity contribution is -0.117. The van der Waals surface area contributed by atoms with Crippen LogP contribution < -0.4 is 15.7 Å². The van der Waals surface area contributed by atoms with Crippen molar-refractivity contribution in [3.8, 4) is 17.0 Å². The molecule has 0 spiro atoms. The minimum atomic E-state index is -0.493. The minimum absolute atomic E-state index is 0.302. The molecule has 0 aliphatic heterocycles. The molecular formula is C25H23FN6O3. The largest absolute Gasteiger partial charge is 0.494 e. The van der Waals surface area contributed by atoms with Crippen molar-refractivity contribution in [2.75, 3.05) is 11.9 Å². The van der Waals surface area contributed by atoms with Gasteiger partial charge in [-0.3, -0.25) is 4.79 Å². The van der Waals surface area contributed by atoms with Crippen LogP contribution in [0.25, 0.3) is 22.4 Å². The van der Waals surface area contributed by atoms with Gasteiger partial charge in [-0.1, -0.05) is 19.4 Å². The van der Waals surface area contributed by atoms with E-state index in [4.69, 9.17) is 4.74 Å². The maximum absolute atomic E-state index is 13.4. The molecule has 0 aliphatic rings. The molecule has 3 aromatic heterocycles. The number of rotatable bonds is 8. The predicted molar refractivity (Wildman–Crippen MR) is 129 cm³/mol. The monoisotopic (exact) mass is 474 g/mol. The van der Waals surface area contributed by atoms with Gasteiger partial charge in [-0.25, -0.2) is 22.8 Å². The van der Waals surface area contributed by atoms with Crippen LogP contribution in [0, 0.1) is 5.82 Å². The van der Waals surface area contributed by atoms with Gasteiger partial charge in [0.25, 0.3) is 0 Å². The molecule has 2 aromatic carbocycles. The molecule has 0 aliphatic carbocycles. The highest BCUT2D eigenvalue weighted by Gasteiger charge is 2.15. The summed E-state index contributed by atoms with van der Waals surface area (Å²) >= 11 is 0. The highest BCUT2D eigenvalue weighted by Crippen LogP contribution is 2.24. The summed E-state index contributed by atoms with van der Waals surface area (Å²) in [5, 5.41) is 11.5. The Bertz CT molecular complexity index is 1570. The molecule has 0 unspecified atom stereocenters. The number of aromatic nitrogens is 5. The summed E-state index contributed by atoms with van der Waals surface area (Å²) in [5.41, 5.74) is 2.43.